The highest BCUT2D eigenvalue weighted by Crippen LogP contribution is 2.37. The summed E-state index contributed by atoms with van der Waals surface area (Å²) < 4.78 is 6.08. The van der Waals surface area contributed by atoms with Gasteiger partial charge < -0.3 is 4.43 Å². The van der Waals surface area contributed by atoms with Gasteiger partial charge in [0.25, 0.3) is 0 Å². The molecule has 0 aliphatic rings. The predicted octanol–water partition coefficient (Wildman–Crippen LogP) is 5.83. The lowest BCUT2D eigenvalue weighted by Crippen LogP contribution is -2.40. The second-order valence-corrected chi connectivity index (χ2v) is 11.8. The van der Waals surface area contributed by atoms with Crippen molar-refractivity contribution in [2.24, 2.45) is 0 Å². The van der Waals surface area contributed by atoms with Gasteiger partial charge in [0.1, 0.15) is 0 Å². The minimum Gasteiger partial charge on any atom is -0.544 e. The average Bonchev–Trinajstić information content (AvgIpc) is 2.28. The van der Waals surface area contributed by atoms with Crippen LogP contribution in [-0.2, 0) is 4.43 Å². The first-order chi connectivity index (χ1) is 8.72. The lowest BCUT2D eigenvalue weighted by molar-refractivity contribution is 0.402. The molecule has 0 amide bonds. The van der Waals surface area contributed by atoms with Crippen molar-refractivity contribution in [2.75, 3.05) is 0 Å². The molecule has 1 rings (SSSR count). The Morgan fingerprint density at radius 3 is 2.32 bits per heavy atom. The zero-order chi connectivity index (χ0) is 14.5. The van der Waals surface area contributed by atoms with Crippen molar-refractivity contribution >= 4 is 20.1 Å². The number of benzene rings is 1. The molecule has 1 aromatic rings. The van der Waals surface area contributed by atoms with Gasteiger partial charge in [-0.1, -0.05) is 57.3 Å². The monoisotopic (exact) mass is 292 g/mol. The van der Waals surface area contributed by atoms with E-state index in [4.69, 9.17) is 4.43 Å². The number of thioether (sulfide) groups is 1. The molecule has 0 atom stereocenters. The lowest BCUT2D eigenvalue weighted by Gasteiger charge is -2.36. The molecular formula is C16H24OSSi. The highest BCUT2D eigenvalue weighted by atomic mass is 32.2. The maximum absolute atomic E-state index is 6.08. The SMILES string of the molecule is C=C(/C=C/Sc1ccccc1)O[Si](C)(C)C(C)(C)C. The van der Waals surface area contributed by atoms with E-state index in [1.165, 1.54) is 4.90 Å². The fourth-order valence-electron chi connectivity index (χ4n) is 1.20. The van der Waals surface area contributed by atoms with E-state index in [1.54, 1.807) is 11.8 Å². The molecule has 104 valence electrons. The van der Waals surface area contributed by atoms with Gasteiger partial charge in [-0.05, 0) is 41.7 Å². The molecule has 0 aromatic heterocycles. The van der Waals surface area contributed by atoms with E-state index in [-0.39, 0.29) is 5.04 Å². The first-order valence-corrected chi connectivity index (χ1v) is 10.3. The Morgan fingerprint density at radius 1 is 1.21 bits per heavy atom. The van der Waals surface area contributed by atoms with Crippen molar-refractivity contribution in [3.05, 3.63) is 54.2 Å². The molecule has 3 heteroatoms. The van der Waals surface area contributed by atoms with Crippen LogP contribution in [0.15, 0.2) is 59.0 Å². The highest BCUT2D eigenvalue weighted by Gasteiger charge is 2.38. The van der Waals surface area contributed by atoms with Gasteiger partial charge in [0.05, 0.1) is 5.76 Å². The molecule has 1 nitrogen and oxygen atoms in total. The molecule has 0 radical (unpaired) electrons. The second-order valence-electron chi connectivity index (χ2n) is 6.06. The number of hydrogen-bond acceptors (Lipinski definition) is 2. The first kappa shape index (κ1) is 16.1. The van der Waals surface area contributed by atoms with Gasteiger partial charge in [-0.15, -0.1) is 0 Å². The first-order valence-electron chi connectivity index (χ1n) is 6.48. The van der Waals surface area contributed by atoms with Gasteiger partial charge in [0, 0.05) is 4.90 Å². The van der Waals surface area contributed by atoms with Crippen LogP contribution in [0.25, 0.3) is 0 Å². The predicted molar refractivity (Wildman–Crippen MR) is 88.9 cm³/mol. The van der Waals surface area contributed by atoms with E-state index in [1.807, 2.05) is 29.7 Å². The van der Waals surface area contributed by atoms with Crippen molar-refractivity contribution in [2.45, 2.75) is 43.8 Å². The van der Waals surface area contributed by atoms with E-state index >= 15 is 0 Å². The quantitative estimate of drug-likeness (QED) is 0.292. The van der Waals surface area contributed by atoms with E-state index in [9.17, 15) is 0 Å². The lowest BCUT2D eigenvalue weighted by atomic mass is 10.2. The Kier molecular flexibility index (Phi) is 5.50. The summed E-state index contributed by atoms with van der Waals surface area (Å²) in [6.07, 6.45) is 1.96. The Labute approximate surface area is 122 Å². The maximum atomic E-state index is 6.08. The van der Waals surface area contributed by atoms with Crippen molar-refractivity contribution in [1.29, 1.82) is 0 Å². The summed E-state index contributed by atoms with van der Waals surface area (Å²) in [6.45, 7) is 15.2. The van der Waals surface area contributed by atoms with E-state index < -0.39 is 8.32 Å². The van der Waals surface area contributed by atoms with Crippen molar-refractivity contribution in [3.63, 3.8) is 0 Å². The molecular weight excluding hydrogens is 268 g/mol. The van der Waals surface area contributed by atoms with Gasteiger partial charge in [-0.2, -0.15) is 0 Å². The van der Waals surface area contributed by atoms with Crippen molar-refractivity contribution < 1.29 is 4.43 Å². The molecule has 0 unspecified atom stereocenters. The number of hydrogen-bond donors (Lipinski definition) is 0. The Hall–Kier alpha value is -0.933. The molecule has 0 aliphatic heterocycles. The molecule has 0 fully saturated rings. The van der Waals surface area contributed by atoms with Gasteiger partial charge in [0.15, 0.2) is 0 Å². The third kappa shape index (κ3) is 5.29. The fourth-order valence-corrected chi connectivity index (χ4v) is 2.92. The van der Waals surface area contributed by atoms with Crippen LogP contribution in [-0.4, -0.2) is 8.32 Å². The minimum absolute atomic E-state index is 0.205. The largest absolute Gasteiger partial charge is 0.544 e. The van der Waals surface area contributed by atoms with E-state index in [0.29, 0.717) is 0 Å². The summed E-state index contributed by atoms with van der Waals surface area (Å²) in [5.74, 6) is 0.759. The van der Waals surface area contributed by atoms with E-state index in [0.717, 1.165) is 5.76 Å². The smallest absolute Gasteiger partial charge is 0.250 e. The van der Waals surface area contributed by atoms with Crippen LogP contribution in [0.4, 0.5) is 0 Å². The molecule has 1 aromatic carbocycles. The van der Waals surface area contributed by atoms with Crippen LogP contribution in [0.2, 0.25) is 18.1 Å². The summed E-state index contributed by atoms with van der Waals surface area (Å²) >= 11 is 1.68. The number of allylic oxidation sites excluding steroid dienone is 1. The van der Waals surface area contributed by atoms with Crippen LogP contribution in [0.3, 0.4) is 0 Å². The van der Waals surface area contributed by atoms with Crippen molar-refractivity contribution in [3.8, 4) is 0 Å². The Morgan fingerprint density at radius 2 is 1.79 bits per heavy atom. The molecule has 0 N–H and O–H groups in total. The van der Waals surface area contributed by atoms with Crippen LogP contribution in [0.1, 0.15) is 20.8 Å². The molecule has 0 bridgehead atoms. The highest BCUT2D eigenvalue weighted by molar-refractivity contribution is 8.02. The molecule has 0 aliphatic carbocycles. The van der Waals surface area contributed by atoms with Gasteiger partial charge in [-0.3, -0.25) is 0 Å². The normalized spacial score (nSPS) is 12.7. The third-order valence-corrected chi connectivity index (χ3v) is 8.60. The summed E-state index contributed by atoms with van der Waals surface area (Å²) in [7, 11) is -1.76. The zero-order valence-electron chi connectivity index (χ0n) is 12.6. The van der Waals surface area contributed by atoms with Gasteiger partial charge in [0.2, 0.25) is 8.32 Å². The summed E-state index contributed by atoms with van der Waals surface area (Å²) in [5, 5.41) is 2.24. The van der Waals surface area contributed by atoms with Crippen molar-refractivity contribution in [1.82, 2.24) is 0 Å². The van der Waals surface area contributed by atoms with E-state index in [2.05, 4.69) is 52.6 Å². The van der Waals surface area contributed by atoms with Crippen LogP contribution >= 0.6 is 11.8 Å². The Balaban J connectivity index is 2.52. The third-order valence-electron chi connectivity index (χ3n) is 3.39. The van der Waals surface area contributed by atoms with Crippen LogP contribution < -0.4 is 0 Å². The number of rotatable bonds is 5. The molecule has 0 spiro atoms. The molecule has 0 saturated carbocycles. The molecule has 19 heavy (non-hydrogen) atoms. The minimum atomic E-state index is -1.76. The topological polar surface area (TPSA) is 9.23 Å². The summed E-state index contributed by atoms with van der Waals surface area (Å²) in [6, 6.07) is 10.3. The van der Waals surface area contributed by atoms with Crippen LogP contribution in [0, 0.1) is 0 Å². The zero-order valence-corrected chi connectivity index (χ0v) is 14.4. The summed E-state index contributed by atoms with van der Waals surface area (Å²) in [4.78, 5) is 1.22. The van der Waals surface area contributed by atoms with Gasteiger partial charge >= 0.3 is 0 Å². The van der Waals surface area contributed by atoms with Gasteiger partial charge in [-0.25, -0.2) is 0 Å². The average molecular weight is 293 g/mol. The maximum Gasteiger partial charge on any atom is 0.250 e. The standard InChI is InChI=1S/C16H24OSSi/c1-14(17-19(5,6)16(2,3)4)12-13-18-15-10-8-7-9-11-15/h7-13H,1H2,2-6H3/b13-12+. The molecule has 0 saturated heterocycles. The molecule has 0 heterocycles. The summed E-state index contributed by atoms with van der Waals surface area (Å²) in [5.41, 5.74) is 0. The fraction of sp³-hybridized carbons (Fsp3) is 0.375. The second kappa shape index (κ2) is 6.48. The Bertz CT molecular complexity index is 444. The van der Waals surface area contributed by atoms with Crippen LogP contribution in [0.5, 0.6) is 0 Å².